The second kappa shape index (κ2) is 5.49. The molecule has 4 nitrogen and oxygen atoms in total. The lowest BCUT2D eigenvalue weighted by atomic mass is 10.1. The molecule has 0 saturated heterocycles. The summed E-state index contributed by atoms with van der Waals surface area (Å²) in [5.74, 6) is 0. The minimum absolute atomic E-state index is 0.0232. The molecule has 0 spiro atoms. The Morgan fingerprint density at radius 1 is 1.56 bits per heavy atom. The highest BCUT2D eigenvalue weighted by Crippen LogP contribution is 2.10. The molecule has 0 atom stereocenters. The molecular weight excluding hydrogens is 226 g/mol. The molecule has 4 heteroatoms. The first-order valence-corrected chi connectivity index (χ1v) is 6.12. The van der Waals surface area contributed by atoms with Crippen LogP contribution in [0.15, 0.2) is 41.8 Å². The van der Waals surface area contributed by atoms with E-state index >= 15 is 0 Å². The fourth-order valence-electron chi connectivity index (χ4n) is 1.95. The van der Waals surface area contributed by atoms with Gasteiger partial charge in [-0.25, -0.2) is 9.66 Å². The highest BCUT2D eigenvalue weighted by atomic mass is 16.1. The van der Waals surface area contributed by atoms with E-state index in [1.165, 1.54) is 4.68 Å². The number of hydrogen-bond donors (Lipinski definition) is 1. The first-order chi connectivity index (χ1) is 8.77. The van der Waals surface area contributed by atoms with Gasteiger partial charge >= 0.3 is 0 Å². The van der Waals surface area contributed by atoms with Crippen LogP contribution < -0.4 is 11.0 Å². The van der Waals surface area contributed by atoms with Gasteiger partial charge in [-0.2, -0.15) is 0 Å². The molecule has 0 bridgehead atoms. The Bertz CT molecular complexity index is 616. The number of rotatable bonds is 5. The molecule has 0 aliphatic carbocycles. The third-order valence-corrected chi connectivity index (χ3v) is 2.75. The molecule has 2 aromatic heterocycles. The van der Waals surface area contributed by atoms with Gasteiger partial charge in [-0.3, -0.25) is 4.79 Å². The minimum atomic E-state index is -0.0232. The molecule has 2 rings (SSSR count). The average molecular weight is 243 g/mol. The van der Waals surface area contributed by atoms with Crippen molar-refractivity contribution in [2.24, 2.45) is 0 Å². The van der Waals surface area contributed by atoms with Crippen LogP contribution in [0.2, 0.25) is 0 Å². The molecule has 0 aromatic carbocycles. The van der Waals surface area contributed by atoms with Gasteiger partial charge in [-0.05, 0) is 24.6 Å². The smallest absolute Gasteiger partial charge is 0.274 e. The van der Waals surface area contributed by atoms with Gasteiger partial charge in [0.05, 0.1) is 0 Å². The lowest BCUT2D eigenvalue weighted by molar-refractivity contribution is 0.823. The largest absolute Gasteiger partial charge is 0.317 e. The van der Waals surface area contributed by atoms with Crippen LogP contribution in [0.5, 0.6) is 0 Å². The third-order valence-electron chi connectivity index (χ3n) is 2.75. The standard InChI is InChI=1S/C14H17N3O/c1-3-6-12-10-11-7-5-9-15-13(11)17(14(12)18)16-8-4-2/h4-5,7,9-10,16H,2-3,6,8H2,1H3. The first-order valence-electron chi connectivity index (χ1n) is 6.12. The average Bonchev–Trinajstić information content (AvgIpc) is 2.39. The molecular formula is C14H17N3O. The maximum atomic E-state index is 12.3. The van der Waals surface area contributed by atoms with Gasteiger partial charge < -0.3 is 5.43 Å². The van der Waals surface area contributed by atoms with E-state index in [0.717, 1.165) is 23.8 Å². The zero-order chi connectivity index (χ0) is 13.0. The topological polar surface area (TPSA) is 46.9 Å². The summed E-state index contributed by atoms with van der Waals surface area (Å²) in [5.41, 5.74) is 4.48. The quantitative estimate of drug-likeness (QED) is 0.818. The summed E-state index contributed by atoms with van der Waals surface area (Å²) in [4.78, 5) is 16.6. The fourth-order valence-corrected chi connectivity index (χ4v) is 1.95. The van der Waals surface area contributed by atoms with E-state index in [-0.39, 0.29) is 5.56 Å². The fraction of sp³-hybridized carbons (Fsp3) is 0.286. The predicted molar refractivity (Wildman–Crippen MR) is 74.4 cm³/mol. The summed E-state index contributed by atoms with van der Waals surface area (Å²) in [7, 11) is 0. The number of nitrogens with one attached hydrogen (secondary N) is 1. The van der Waals surface area contributed by atoms with Gasteiger partial charge in [0, 0.05) is 23.7 Å². The molecule has 0 saturated carbocycles. The molecule has 0 amide bonds. The van der Waals surface area contributed by atoms with Crippen molar-refractivity contribution in [3.8, 4) is 0 Å². The van der Waals surface area contributed by atoms with Gasteiger partial charge in [0.15, 0.2) is 5.65 Å². The van der Waals surface area contributed by atoms with Crippen molar-refractivity contribution < 1.29 is 0 Å². The summed E-state index contributed by atoms with van der Waals surface area (Å²) in [6.45, 7) is 6.24. The van der Waals surface area contributed by atoms with E-state index < -0.39 is 0 Å². The lowest BCUT2D eigenvalue weighted by Crippen LogP contribution is -2.32. The van der Waals surface area contributed by atoms with Crippen molar-refractivity contribution >= 4 is 11.0 Å². The van der Waals surface area contributed by atoms with E-state index in [4.69, 9.17) is 0 Å². The number of aryl methyl sites for hydroxylation is 1. The molecule has 94 valence electrons. The Morgan fingerprint density at radius 2 is 2.39 bits per heavy atom. The third kappa shape index (κ3) is 2.27. The number of pyridine rings is 2. The molecule has 0 unspecified atom stereocenters. The highest BCUT2D eigenvalue weighted by molar-refractivity contribution is 5.75. The Kier molecular flexibility index (Phi) is 3.77. The summed E-state index contributed by atoms with van der Waals surface area (Å²) in [6.07, 6.45) is 5.13. The van der Waals surface area contributed by atoms with Gasteiger partial charge in [-0.1, -0.05) is 19.4 Å². The van der Waals surface area contributed by atoms with Crippen molar-refractivity contribution in [2.75, 3.05) is 12.0 Å². The van der Waals surface area contributed by atoms with Crippen molar-refractivity contribution in [1.29, 1.82) is 0 Å². The first kappa shape index (κ1) is 12.4. The second-order valence-electron chi connectivity index (χ2n) is 4.13. The van der Waals surface area contributed by atoms with Crippen molar-refractivity contribution in [3.63, 3.8) is 0 Å². The van der Waals surface area contributed by atoms with E-state index in [1.807, 2.05) is 18.2 Å². The Morgan fingerprint density at radius 3 is 3.11 bits per heavy atom. The van der Waals surface area contributed by atoms with Gasteiger partial charge in [0.25, 0.3) is 5.56 Å². The molecule has 0 aliphatic heterocycles. The van der Waals surface area contributed by atoms with Crippen LogP contribution in [-0.2, 0) is 6.42 Å². The lowest BCUT2D eigenvalue weighted by Gasteiger charge is -2.12. The van der Waals surface area contributed by atoms with Crippen molar-refractivity contribution in [1.82, 2.24) is 9.66 Å². The second-order valence-corrected chi connectivity index (χ2v) is 4.13. The van der Waals surface area contributed by atoms with Gasteiger partial charge in [0.2, 0.25) is 0 Å². The normalized spacial score (nSPS) is 10.5. The molecule has 1 N–H and O–H groups in total. The number of hydrogen-bond acceptors (Lipinski definition) is 3. The van der Waals surface area contributed by atoms with Crippen LogP contribution in [0.25, 0.3) is 11.0 Å². The Balaban J connectivity index is 2.64. The number of nitrogens with zero attached hydrogens (tertiary/aromatic N) is 2. The van der Waals surface area contributed by atoms with Gasteiger partial charge in [-0.15, -0.1) is 6.58 Å². The monoisotopic (exact) mass is 243 g/mol. The summed E-state index contributed by atoms with van der Waals surface area (Å²) in [5, 5.41) is 0.970. The zero-order valence-corrected chi connectivity index (χ0v) is 10.5. The predicted octanol–water partition coefficient (Wildman–Crippen LogP) is 2.08. The van der Waals surface area contributed by atoms with Crippen LogP contribution in [0.3, 0.4) is 0 Å². The maximum absolute atomic E-state index is 12.3. The molecule has 2 aromatic rings. The summed E-state index contributed by atoms with van der Waals surface area (Å²) >= 11 is 0. The van der Waals surface area contributed by atoms with Gasteiger partial charge in [0.1, 0.15) is 0 Å². The zero-order valence-electron chi connectivity index (χ0n) is 10.5. The maximum Gasteiger partial charge on any atom is 0.274 e. The van der Waals surface area contributed by atoms with Crippen LogP contribution >= 0.6 is 0 Å². The Labute approximate surface area is 106 Å². The van der Waals surface area contributed by atoms with E-state index in [2.05, 4.69) is 23.9 Å². The molecule has 0 fully saturated rings. The molecule has 18 heavy (non-hydrogen) atoms. The number of fused-ring (bicyclic) bond motifs is 1. The molecule has 0 aliphatic rings. The molecule has 0 radical (unpaired) electrons. The minimum Gasteiger partial charge on any atom is -0.317 e. The number of aromatic nitrogens is 2. The Hall–Kier alpha value is -2.10. The van der Waals surface area contributed by atoms with Crippen molar-refractivity contribution in [2.45, 2.75) is 19.8 Å². The highest BCUT2D eigenvalue weighted by Gasteiger charge is 2.08. The van der Waals surface area contributed by atoms with Crippen LogP contribution in [0, 0.1) is 0 Å². The van der Waals surface area contributed by atoms with E-state index in [0.29, 0.717) is 12.2 Å². The van der Waals surface area contributed by atoms with E-state index in [9.17, 15) is 4.79 Å². The van der Waals surface area contributed by atoms with E-state index in [1.54, 1.807) is 12.3 Å². The SMILES string of the molecule is C=CCNn1c(=O)c(CCC)cc2cccnc21. The summed E-state index contributed by atoms with van der Waals surface area (Å²) < 4.78 is 1.52. The van der Waals surface area contributed by atoms with Crippen LogP contribution in [0.1, 0.15) is 18.9 Å². The van der Waals surface area contributed by atoms with Crippen LogP contribution in [0.4, 0.5) is 0 Å². The van der Waals surface area contributed by atoms with Crippen molar-refractivity contribution in [3.05, 3.63) is 53.0 Å². The van der Waals surface area contributed by atoms with Crippen LogP contribution in [-0.4, -0.2) is 16.2 Å². The summed E-state index contributed by atoms with van der Waals surface area (Å²) in [6, 6.07) is 5.77. The molecule has 2 heterocycles.